The molecule has 1 heterocycles. The average molecular weight is 265 g/mol. The average Bonchev–Trinajstić information content (AvgIpc) is 2.93. The molecule has 0 amide bonds. The molecule has 1 aromatic heterocycles. The van der Waals surface area contributed by atoms with Crippen LogP contribution in [0.25, 0.3) is 0 Å². The lowest BCUT2D eigenvalue weighted by Gasteiger charge is -2.29. The molecule has 0 spiro atoms. The minimum Gasteiger partial charge on any atom is -0.463 e. The molecule has 2 atom stereocenters. The van der Waals surface area contributed by atoms with Crippen LogP contribution in [0.4, 0.5) is 0 Å². The summed E-state index contributed by atoms with van der Waals surface area (Å²) >= 11 is 0. The van der Waals surface area contributed by atoms with Gasteiger partial charge >= 0.3 is 5.97 Å². The van der Waals surface area contributed by atoms with Gasteiger partial charge in [0.15, 0.2) is 0 Å². The number of carbonyl (C=O) groups excluding carboxylic acids is 1. The molecule has 1 N–H and O–H groups in total. The van der Waals surface area contributed by atoms with Crippen LogP contribution in [0.15, 0.2) is 16.7 Å². The molecule has 19 heavy (non-hydrogen) atoms. The second-order valence-electron chi connectivity index (χ2n) is 5.29. The van der Waals surface area contributed by atoms with Gasteiger partial charge in [-0.05, 0) is 24.8 Å². The zero-order valence-corrected chi connectivity index (χ0v) is 11.8. The molecule has 0 aromatic carbocycles. The van der Waals surface area contributed by atoms with Crippen molar-refractivity contribution in [2.45, 2.75) is 51.6 Å². The Morgan fingerprint density at radius 1 is 1.53 bits per heavy atom. The third-order valence-electron chi connectivity index (χ3n) is 4.06. The van der Waals surface area contributed by atoms with Crippen molar-refractivity contribution in [2.24, 2.45) is 5.92 Å². The Balaban J connectivity index is 1.88. The molecule has 1 aromatic rings. The first-order chi connectivity index (χ1) is 9.24. The fourth-order valence-corrected chi connectivity index (χ4v) is 2.85. The first-order valence-corrected chi connectivity index (χ1v) is 7.12. The summed E-state index contributed by atoms with van der Waals surface area (Å²) in [6, 6.07) is 2.39. The molecular formula is C15H23NO3. The van der Waals surface area contributed by atoms with Crippen LogP contribution in [-0.2, 0) is 11.3 Å². The lowest BCUT2D eigenvalue weighted by molar-refractivity contribution is 0.0563. The Kier molecular flexibility index (Phi) is 5.02. The van der Waals surface area contributed by atoms with Gasteiger partial charge in [-0.25, -0.2) is 4.79 Å². The summed E-state index contributed by atoms with van der Waals surface area (Å²) in [6.45, 7) is 2.93. The molecule has 1 fully saturated rings. The van der Waals surface area contributed by atoms with Crippen LogP contribution in [0, 0.1) is 5.92 Å². The number of furan rings is 1. The summed E-state index contributed by atoms with van der Waals surface area (Å²) in [5.74, 6) is 0.755. The minimum atomic E-state index is -0.406. The molecule has 1 aliphatic rings. The van der Waals surface area contributed by atoms with E-state index in [4.69, 9.17) is 9.15 Å². The molecule has 0 radical (unpaired) electrons. The van der Waals surface area contributed by atoms with Crippen molar-refractivity contribution >= 4 is 5.97 Å². The number of methoxy groups -OCH3 is 1. The first kappa shape index (κ1) is 14.1. The van der Waals surface area contributed by atoms with Crippen LogP contribution >= 0.6 is 0 Å². The summed E-state index contributed by atoms with van der Waals surface area (Å²) in [6.07, 6.45) is 7.92. The van der Waals surface area contributed by atoms with Gasteiger partial charge < -0.3 is 14.5 Å². The lowest BCUT2D eigenvalue weighted by Crippen LogP contribution is -2.33. The van der Waals surface area contributed by atoms with Crippen molar-refractivity contribution in [3.05, 3.63) is 23.7 Å². The Morgan fingerprint density at radius 3 is 3.11 bits per heavy atom. The van der Waals surface area contributed by atoms with Crippen molar-refractivity contribution < 1.29 is 13.9 Å². The standard InChI is InChI=1S/C15H23NO3/c1-3-11-5-4-6-13(9-11)16-10-12-7-8-19-14(12)15(17)18-2/h7-8,11,13,16H,3-6,9-10H2,1-2H3. The highest BCUT2D eigenvalue weighted by Crippen LogP contribution is 2.26. The number of hydrogen-bond acceptors (Lipinski definition) is 4. The van der Waals surface area contributed by atoms with Crippen molar-refractivity contribution in [3.8, 4) is 0 Å². The molecular weight excluding hydrogens is 242 g/mol. The van der Waals surface area contributed by atoms with E-state index in [2.05, 4.69) is 12.2 Å². The van der Waals surface area contributed by atoms with E-state index in [1.807, 2.05) is 6.07 Å². The monoisotopic (exact) mass is 265 g/mol. The molecule has 2 unspecified atom stereocenters. The van der Waals surface area contributed by atoms with E-state index in [-0.39, 0.29) is 0 Å². The molecule has 0 saturated heterocycles. The number of esters is 1. The van der Waals surface area contributed by atoms with Gasteiger partial charge in [0.2, 0.25) is 5.76 Å². The number of ether oxygens (including phenoxy) is 1. The van der Waals surface area contributed by atoms with Gasteiger partial charge in [-0.15, -0.1) is 0 Å². The molecule has 2 rings (SSSR count). The van der Waals surface area contributed by atoms with Gasteiger partial charge in [-0.2, -0.15) is 0 Å². The number of carbonyl (C=O) groups is 1. The number of hydrogen-bond donors (Lipinski definition) is 1. The van der Waals surface area contributed by atoms with E-state index in [1.165, 1.54) is 39.2 Å². The maximum absolute atomic E-state index is 11.5. The molecule has 0 aliphatic heterocycles. The quantitative estimate of drug-likeness (QED) is 0.831. The third-order valence-corrected chi connectivity index (χ3v) is 4.06. The third kappa shape index (κ3) is 3.60. The van der Waals surface area contributed by atoms with Gasteiger partial charge in [0, 0.05) is 18.2 Å². The largest absolute Gasteiger partial charge is 0.463 e. The number of nitrogens with one attached hydrogen (secondary N) is 1. The fraction of sp³-hybridized carbons (Fsp3) is 0.667. The van der Waals surface area contributed by atoms with E-state index < -0.39 is 5.97 Å². The zero-order valence-electron chi connectivity index (χ0n) is 11.8. The van der Waals surface area contributed by atoms with Crippen LogP contribution in [-0.4, -0.2) is 19.1 Å². The zero-order chi connectivity index (χ0) is 13.7. The Morgan fingerprint density at radius 2 is 2.37 bits per heavy atom. The van der Waals surface area contributed by atoms with Crippen LogP contribution < -0.4 is 5.32 Å². The van der Waals surface area contributed by atoms with Gasteiger partial charge in [-0.1, -0.05) is 26.2 Å². The SMILES string of the molecule is CCC1CCCC(NCc2ccoc2C(=O)OC)C1. The van der Waals surface area contributed by atoms with Crippen LogP contribution in [0.1, 0.15) is 55.1 Å². The molecule has 4 heteroatoms. The highest BCUT2D eigenvalue weighted by molar-refractivity contribution is 5.87. The van der Waals surface area contributed by atoms with Crippen molar-refractivity contribution in [3.63, 3.8) is 0 Å². The van der Waals surface area contributed by atoms with Crippen molar-refractivity contribution in [2.75, 3.05) is 7.11 Å². The topological polar surface area (TPSA) is 51.5 Å². The second-order valence-corrected chi connectivity index (χ2v) is 5.29. The normalized spacial score (nSPS) is 23.3. The Labute approximate surface area is 114 Å². The van der Waals surface area contributed by atoms with Crippen molar-refractivity contribution in [1.29, 1.82) is 0 Å². The van der Waals surface area contributed by atoms with E-state index in [9.17, 15) is 4.79 Å². The fourth-order valence-electron chi connectivity index (χ4n) is 2.85. The van der Waals surface area contributed by atoms with E-state index in [0.717, 1.165) is 11.5 Å². The maximum Gasteiger partial charge on any atom is 0.374 e. The summed E-state index contributed by atoms with van der Waals surface area (Å²) < 4.78 is 9.89. The summed E-state index contributed by atoms with van der Waals surface area (Å²) in [7, 11) is 1.37. The maximum atomic E-state index is 11.5. The van der Waals surface area contributed by atoms with Crippen molar-refractivity contribution in [1.82, 2.24) is 5.32 Å². The second kappa shape index (κ2) is 6.75. The van der Waals surface area contributed by atoms with Gasteiger partial charge in [0.1, 0.15) is 0 Å². The predicted molar refractivity (Wildman–Crippen MR) is 72.9 cm³/mol. The van der Waals surface area contributed by atoms with Gasteiger partial charge in [0.05, 0.1) is 13.4 Å². The molecule has 1 aliphatic carbocycles. The summed E-state index contributed by atoms with van der Waals surface area (Å²) in [5, 5.41) is 3.54. The first-order valence-electron chi connectivity index (χ1n) is 7.12. The predicted octanol–water partition coefficient (Wildman–Crippen LogP) is 3.12. The number of rotatable bonds is 5. The van der Waals surface area contributed by atoms with Crippen LogP contribution in [0.5, 0.6) is 0 Å². The Hall–Kier alpha value is -1.29. The molecule has 4 nitrogen and oxygen atoms in total. The minimum absolute atomic E-state index is 0.317. The van der Waals surface area contributed by atoms with Gasteiger partial charge in [0.25, 0.3) is 0 Å². The molecule has 106 valence electrons. The van der Waals surface area contributed by atoms with E-state index in [1.54, 1.807) is 6.26 Å². The highest BCUT2D eigenvalue weighted by Gasteiger charge is 2.21. The van der Waals surface area contributed by atoms with Crippen LogP contribution in [0.2, 0.25) is 0 Å². The summed E-state index contributed by atoms with van der Waals surface area (Å²) in [5.41, 5.74) is 0.880. The van der Waals surface area contributed by atoms with Crippen LogP contribution in [0.3, 0.4) is 0 Å². The Bertz CT molecular complexity index is 413. The van der Waals surface area contributed by atoms with E-state index in [0.29, 0.717) is 18.3 Å². The molecule has 0 bridgehead atoms. The van der Waals surface area contributed by atoms with Gasteiger partial charge in [-0.3, -0.25) is 0 Å². The van der Waals surface area contributed by atoms with E-state index >= 15 is 0 Å². The highest BCUT2D eigenvalue weighted by atomic mass is 16.5. The molecule has 1 saturated carbocycles. The lowest BCUT2D eigenvalue weighted by atomic mass is 9.84. The smallest absolute Gasteiger partial charge is 0.374 e. The summed E-state index contributed by atoms with van der Waals surface area (Å²) in [4.78, 5) is 11.5.